The van der Waals surface area contributed by atoms with Gasteiger partial charge >= 0.3 is 5.97 Å². The molecule has 1 unspecified atom stereocenters. The Hall–Kier alpha value is -1.55. The molecule has 4 heteroatoms. The summed E-state index contributed by atoms with van der Waals surface area (Å²) in [4.78, 5) is 11.4. The summed E-state index contributed by atoms with van der Waals surface area (Å²) in [5.74, 6) is 0.0472. The molecule has 1 atom stereocenters. The third-order valence-corrected chi connectivity index (χ3v) is 3.79. The molecule has 0 bridgehead atoms. The Morgan fingerprint density at radius 1 is 1.45 bits per heavy atom. The highest BCUT2D eigenvalue weighted by Gasteiger charge is 2.38. The van der Waals surface area contributed by atoms with E-state index < -0.39 is 11.5 Å². The van der Waals surface area contributed by atoms with E-state index in [4.69, 9.17) is 4.74 Å². The molecule has 0 saturated heterocycles. The van der Waals surface area contributed by atoms with Gasteiger partial charge in [-0.3, -0.25) is 10.1 Å². The molecule has 0 radical (unpaired) electrons. The van der Waals surface area contributed by atoms with Crippen molar-refractivity contribution in [2.45, 2.75) is 51.1 Å². The van der Waals surface area contributed by atoms with Crippen molar-refractivity contribution in [3.8, 4) is 5.75 Å². The molecule has 0 aliphatic heterocycles. The van der Waals surface area contributed by atoms with Crippen molar-refractivity contribution in [1.82, 2.24) is 5.32 Å². The number of carboxylic acids is 1. The predicted octanol–water partition coefficient (Wildman–Crippen LogP) is 2.61. The second-order valence-corrected chi connectivity index (χ2v) is 5.62. The van der Waals surface area contributed by atoms with Gasteiger partial charge in [0.1, 0.15) is 11.3 Å². The molecule has 2 rings (SSSR count). The van der Waals surface area contributed by atoms with Crippen LogP contribution in [-0.2, 0) is 11.2 Å². The van der Waals surface area contributed by atoms with Gasteiger partial charge in [0.05, 0.1) is 6.61 Å². The summed E-state index contributed by atoms with van der Waals surface area (Å²) in [6, 6.07) is 8.26. The summed E-state index contributed by atoms with van der Waals surface area (Å²) in [5.41, 5.74) is 0.252. The van der Waals surface area contributed by atoms with Gasteiger partial charge in [0.15, 0.2) is 0 Å². The van der Waals surface area contributed by atoms with Crippen molar-refractivity contribution in [3.63, 3.8) is 0 Å². The van der Waals surface area contributed by atoms with Gasteiger partial charge in [-0.25, -0.2) is 0 Å². The zero-order chi connectivity index (χ0) is 14.6. The first-order chi connectivity index (χ1) is 9.55. The first kappa shape index (κ1) is 14.9. The molecule has 1 aromatic carbocycles. The Kier molecular flexibility index (Phi) is 4.65. The third kappa shape index (κ3) is 3.73. The van der Waals surface area contributed by atoms with E-state index in [9.17, 15) is 9.90 Å². The molecule has 0 amide bonds. The Morgan fingerprint density at radius 3 is 2.75 bits per heavy atom. The average Bonchev–Trinajstić information content (AvgIpc) is 3.23. The minimum atomic E-state index is -0.900. The number of ether oxygens (including phenoxy) is 1. The lowest BCUT2D eigenvalue weighted by Crippen LogP contribution is -2.51. The van der Waals surface area contributed by atoms with Crippen molar-refractivity contribution in [1.29, 1.82) is 0 Å². The maximum Gasteiger partial charge on any atom is 0.323 e. The summed E-state index contributed by atoms with van der Waals surface area (Å²) in [6.07, 6.45) is 3.51. The molecule has 1 aromatic rings. The summed E-state index contributed by atoms with van der Waals surface area (Å²) in [5, 5.41) is 12.6. The highest BCUT2D eigenvalue weighted by Crippen LogP contribution is 2.25. The van der Waals surface area contributed by atoms with Crippen LogP contribution in [0.1, 0.15) is 38.7 Å². The van der Waals surface area contributed by atoms with Gasteiger partial charge in [-0.05, 0) is 37.8 Å². The first-order valence-corrected chi connectivity index (χ1v) is 7.27. The molecule has 2 N–H and O–H groups in total. The Labute approximate surface area is 120 Å². The number of hydrogen-bond acceptors (Lipinski definition) is 3. The van der Waals surface area contributed by atoms with Crippen molar-refractivity contribution in [2.24, 2.45) is 0 Å². The summed E-state index contributed by atoms with van der Waals surface area (Å²) < 4.78 is 5.77. The predicted molar refractivity (Wildman–Crippen MR) is 78.1 cm³/mol. The normalized spacial score (nSPS) is 17.5. The molecule has 1 fully saturated rings. The van der Waals surface area contributed by atoms with Crippen LogP contribution < -0.4 is 10.1 Å². The van der Waals surface area contributed by atoms with Crippen LogP contribution in [0.15, 0.2) is 24.3 Å². The summed E-state index contributed by atoms with van der Waals surface area (Å²) in [6.45, 7) is 4.22. The van der Waals surface area contributed by atoms with Crippen molar-refractivity contribution in [3.05, 3.63) is 29.8 Å². The van der Waals surface area contributed by atoms with Crippen LogP contribution in [0.5, 0.6) is 5.75 Å². The fourth-order valence-electron chi connectivity index (χ4n) is 2.22. The fourth-order valence-corrected chi connectivity index (χ4v) is 2.22. The zero-order valence-electron chi connectivity index (χ0n) is 12.2. The van der Waals surface area contributed by atoms with Crippen molar-refractivity contribution >= 4 is 5.97 Å². The number of para-hydroxylation sites is 1. The van der Waals surface area contributed by atoms with Crippen LogP contribution >= 0.6 is 0 Å². The van der Waals surface area contributed by atoms with Crippen LogP contribution in [0.2, 0.25) is 0 Å². The van der Waals surface area contributed by atoms with Gasteiger partial charge in [0.25, 0.3) is 0 Å². The Balaban J connectivity index is 1.91. The second kappa shape index (κ2) is 6.27. The fraction of sp³-hybridized carbons (Fsp3) is 0.562. The van der Waals surface area contributed by atoms with Crippen molar-refractivity contribution in [2.75, 3.05) is 6.61 Å². The maximum atomic E-state index is 11.4. The minimum absolute atomic E-state index is 0.360. The summed E-state index contributed by atoms with van der Waals surface area (Å²) in [7, 11) is 0. The smallest absolute Gasteiger partial charge is 0.323 e. The van der Waals surface area contributed by atoms with Gasteiger partial charge < -0.3 is 9.84 Å². The topological polar surface area (TPSA) is 58.6 Å². The van der Waals surface area contributed by atoms with E-state index in [1.54, 1.807) is 6.92 Å². The molecule has 0 heterocycles. The average molecular weight is 277 g/mol. The molecule has 1 aliphatic rings. The van der Waals surface area contributed by atoms with Crippen LogP contribution in [0.25, 0.3) is 0 Å². The molecular weight excluding hydrogens is 254 g/mol. The van der Waals surface area contributed by atoms with Crippen LogP contribution in [-0.4, -0.2) is 29.3 Å². The number of aliphatic carboxylic acids is 1. The molecule has 20 heavy (non-hydrogen) atoms. The van der Waals surface area contributed by atoms with Gasteiger partial charge in [-0.2, -0.15) is 0 Å². The number of rotatable bonds is 8. The van der Waals surface area contributed by atoms with E-state index in [2.05, 4.69) is 12.2 Å². The van der Waals surface area contributed by atoms with Gasteiger partial charge in [-0.1, -0.05) is 25.1 Å². The van der Waals surface area contributed by atoms with E-state index in [0.29, 0.717) is 19.1 Å². The third-order valence-electron chi connectivity index (χ3n) is 3.79. The zero-order valence-corrected chi connectivity index (χ0v) is 12.2. The van der Waals surface area contributed by atoms with Gasteiger partial charge in [-0.15, -0.1) is 0 Å². The van der Waals surface area contributed by atoms with Crippen LogP contribution in [0.4, 0.5) is 0 Å². The lowest BCUT2D eigenvalue weighted by atomic mass is 9.98. The lowest BCUT2D eigenvalue weighted by molar-refractivity contribution is -0.144. The molecule has 1 saturated carbocycles. The molecule has 0 aromatic heterocycles. The molecule has 1 aliphatic carbocycles. The van der Waals surface area contributed by atoms with Crippen molar-refractivity contribution < 1.29 is 14.6 Å². The minimum Gasteiger partial charge on any atom is -0.493 e. The first-order valence-electron chi connectivity index (χ1n) is 7.27. The second-order valence-electron chi connectivity index (χ2n) is 5.62. The number of nitrogens with one attached hydrogen (secondary N) is 1. The van der Waals surface area contributed by atoms with E-state index in [0.717, 1.165) is 30.6 Å². The monoisotopic (exact) mass is 277 g/mol. The maximum absolute atomic E-state index is 11.4. The largest absolute Gasteiger partial charge is 0.493 e. The number of benzene rings is 1. The number of carboxylic acid groups (broad SMARTS) is 1. The summed E-state index contributed by atoms with van der Waals surface area (Å²) >= 11 is 0. The highest BCUT2D eigenvalue weighted by molar-refractivity contribution is 5.78. The SMILES string of the molecule is CCc1ccccc1OCCC(C)(NC1CC1)C(=O)O. The standard InChI is InChI=1S/C16H23NO3/c1-3-12-6-4-5-7-14(12)20-11-10-16(2,15(18)19)17-13-8-9-13/h4-7,13,17H,3,8-11H2,1-2H3,(H,18,19). The molecular formula is C16H23NO3. The molecule has 4 nitrogen and oxygen atoms in total. The van der Waals surface area contributed by atoms with E-state index in [1.165, 1.54) is 0 Å². The van der Waals surface area contributed by atoms with E-state index >= 15 is 0 Å². The Morgan fingerprint density at radius 2 is 2.15 bits per heavy atom. The lowest BCUT2D eigenvalue weighted by Gasteiger charge is -2.26. The number of aryl methyl sites for hydroxylation is 1. The van der Waals surface area contributed by atoms with E-state index in [1.807, 2.05) is 24.3 Å². The highest BCUT2D eigenvalue weighted by atomic mass is 16.5. The number of hydrogen-bond donors (Lipinski definition) is 2. The quantitative estimate of drug-likeness (QED) is 0.767. The molecule has 110 valence electrons. The van der Waals surface area contributed by atoms with Crippen LogP contribution in [0.3, 0.4) is 0 Å². The number of carbonyl (C=O) groups is 1. The van der Waals surface area contributed by atoms with Gasteiger partial charge in [0, 0.05) is 12.5 Å². The van der Waals surface area contributed by atoms with E-state index in [-0.39, 0.29) is 0 Å². The molecule has 0 spiro atoms. The Bertz CT molecular complexity index is 471. The van der Waals surface area contributed by atoms with Crippen LogP contribution in [0, 0.1) is 0 Å². The van der Waals surface area contributed by atoms with Gasteiger partial charge in [0.2, 0.25) is 0 Å².